The Morgan fingerprint density at radius 3 is 2.22 bits per heavy atom. The molecule has 10 nitrogen and oxygen atoms in total. The third-order valence-corrected chi connectivity index (χ3v) is 4.68. The van der Waals surface area contributed by atoms with Crippen LogP contribution in [0.2, 0.25) is 5.02 Å². The Morgan fingerprint density at radius 2 is 1.69 bits per heavy atom. The molecule has 0 aliphatic carbocycles. The molecule has 2 aromatic carbocycles. The number of aromatic nitrogens is 3. The van der Waals surface area contributed by atoms with Gasteiger partial charge < -0.3 is 24.6 Å². The van der Waals surface area contributed by atoms with Crippen LogP contribution in [0.5, 0.6) is 17.2 Å². The van der Waals surface area contributed by atoms with E-state index in [0.29, 0.717) is 39.3 Å². The van der Waals surface area contributed by atoms with Gasteiger partial charge in [0, 0.05) is 17.1 Å². The Morgan fingerprint density at radius 1 is 1.06 bits per heavy atom. The number of rotatable bonds is 9. The van der Waals surface area contributed by atoms with Crippen molar-refractivity contribution in [2.45, 2.75) is 6.42 Å². The first-order valence-corrected chi connectivity index (χ1v) is 9.79. The number of carboxylic acids is 1. The molecule has 0 aliphatic rings. The van der Waals surface area contributed by atoms with E-state index in [-0.39, 0.29) is 18.8 Å². The van der Waals surface area contributed by atoms with E-state index in [4.69, 9.17) is 30.9 Å². The molecule has 0 radical (unpaired) electrons. The second-order valence-corrected chi connectivity index (χ2v) is 6.90. The summed E-state index contributed by atoms with van der Waals surface area (Å²) in [6, 6.07) is 10.2. The summed E-state index contributed by atoms with van der Waals surface area (Å²) in [5.41, 5.74) is 1.15. The van der Waals surface area contributed by atoms with Gasteiger partial charge in [0.25, 0.3) is 5.91 Å². The lowest BCUT2D eigenvalue weighted by atomic mass is 10.1. The Labute approximate surface area is 188 Å². The first-order chi connectivity index (χ1) is 15.4. The van der Waals surface area contributed by atoms with Gasteiger partial charge in [-0.2, -0.15) is 0 Å². The number of ether oxygens (including phenoxy) is 3. The molecule has 0 bridgehead atoms. The van der Waals surface area contributed by atoms with Crippen molar-refractivity contribution in [1.82, 2.24) is 20.1 Å². The van der Waals surface area contributed by atoms with Gasteiger partial charge in [-0.3, -0.25) is 9.59 Å². The van der Waals surface area contributed by atoms with Crippen molar-refractivity contribution >= 4 is 23.5 Å². The summed E-state index contributed by atoms with van der Waals surface area (Å²) in [6.45, 7) is -0.0524. The number of carbonyl (C=O) groups excluding carboxylic acids is 1. The monoisotopic (exact) mass is 460 g/mol. The van der Waals surface area contributed by atoms with Crippen LogP contribution in [0.4, 0.5) is 0 Å². The van der Waals surface area contributed by atoms with Crippen molar-refractivity contribution in [3.8, 4) is 34.3 Å². The molecule has 1 aromatic heterocycles. The molecule has 1 heterocycles. The summed E-state index contributed by atoms with van der Waals surface area (Å²) in [5, 5.41) is 16.1. The van der Waals surface area contributed by atoms with Crippen molar-refractivity contribution in [2.24, 2.45) is 0 Å². The van der Waals surface area contributed by atoms with E-state index in [2.05, 4.69) is 15.4 Å². The van der Waals surface area contributed by atoms with Gasteiger partial charge in [0.1, 0.15) is 0 Å². The average Bonchev–Trinajstić information content (AvgIpc) is 3.23. The van der Waals surface area contributed by atoms with Gasteiger partial charge in [0.15, 0.2) is 17.3 Å². The molecule has 3 rings (SSSR count). The zero-order chi connectivity index (χ0) is 23.3. The molecule has 11 heteroatoms. The predicted octanol–water partition coefficient (Wildman–Crippen LogP) is 2.82. The SMILES string of the molecule is COc1cc(-c2nc(C(=O)NCCC(=O)O)nn2-c2ccc(Cl)cc2)cc(OC)c1OC. The first-order valence-electron chi connectivity index (χ1n) is 9.41. The number of hydrogen-bond acceptors (Lipinski definition) is 7. The quantitative estimate of drug-likeness (QED) is 0.499. The van der Waals surface area contributed by atoms with E-state index in [1.54, 1.807) is 36.4 Å². The first kappa shape index (κ1) is 22.9. The number of nitrogens with one attached hydrogen (secondary N) is 1. The zero-order valence-corrected chi connectivity index (χ0v) is 18.3. The number of benzene rings is 2. The molecule has 1 amide bonds. The third-order valence-electron chi connectivity index (χ3n) is 4.43. The highest BCUT2D eigenvalue weighted by Crippen LogP contribution is 2.41. The molecule has 0 fully saturated rings. The number of nitrogens with zero attached hydrogens (tertiary/aromatic N) is 3. The molecule has 3 aromatic rings. The predicted molar refractivity (Wildman–Crippen MR) is 116 cm³/mol. The Hall–Kier alpha value is -3.79. The fraction of sp³-hybridized carbons (Fsp3) is 0.238. The van der Waals surface area contributed by atoms with Gasteiger partial charge in [-0.25, -0.2) is 9.67 Å². The summed E-state index contributed by atoms with van der Waals surface area (Å²) in [5.74, 6) is -0.220. The van der Waals surface area contributed by atoms with Crippen LogP contribution < -0.4 is 19.5 Å². The summed E-state index contributed by atoms with van der Waals surface area (Å²) < 4.78 is 17.7. The molecular formula is C21H21ClN4O6. The van der Waals surface area contributed by atoms with Gasteiger partial charge in [-0.05, 0) is 36.4 Å². The van der Waals surface area contributed by atoms with Gasteiger partial charge in [-0.1, -0.05) is 11.6 Å². The molecule has 32 heavy (non-hydrogen) atoms. The van der Waals surface area contributed by atoms with E-state index in [9.17, 15) is 9.59 Å². The summed E-state index contributed by atoms with van der Waals surface area (Å²) in [7, 11) is 4.48. The van der Waals surface area contributed by atoms with Gasteiger partial charge >= 0.3 is 5.97 Å². The van der Waals surface area contributed by atoms with E-state index in [1.165, 1.54) is 26.0 Å². The minimum Gasteiger partial charge on any atom is -0.493 e. The van der Waals surface area contributed by atoms with Crippen LogP contribution in [0.3, 0.4) is 0 Å². The van der Waals surface area contributed by atoms with Crippen molar-refractivity contribution in [3.63, 3.8) is 0 Å². The molecule has 0 saturated heterocycles. The fourth-order valence-corrected chi connectivity index (χ4v) is 3.06. The highest BCUT2D eigenvalue weighted by atomic mass is 35.5. The highest BCUT2D eigenvalue weighted by molar-refractivity contribution is 6.30. The van der Waals surface area contributed by atoms with Crippen LogP contribution in [-0.4, -0.2) is 59.6 Å². The van der Waals surface area contributed by atoms with Gasteiger partial charge in [-0.15, -0.1) is 5.10 Å². The molecule has 168 valence electrons. The standard InChI is InChI=1S/C21H21ClN4O6/c1-30-15-10-12(11-16(31-2)18(15)32-3)20-24-19(21(29)23-9-8-17(27)28)25-26(20)14-6-4-13(22)5-7-14/h4-7,10-11H,8-9H2,1-3H3,(H,23,29)(H,27,28). The van der Waals surface area contributed by atoms with E-state index in [1.807, 2.05) is 0 Å². The molecule has 2 N–H and O–H groups in total. The van der Waals surface area contributed by atoms with Crippen LogP contribution in [0, 0.1) is 0 Å². The van der Waals surface area contributed by atoms with Gasteiger partial charge in [0.05, 0.1) is 33.4 Å². The smallest absolute Gasteiger partial charge is 0.305 e. The number of carboxylic acid groups (broad SMARTS) is 1. The lowest BCUT2D eigenvalue weighted by Gasteiger charge is -2.14. The second kappa shape index (κ2) is 10.0. The number of aliphatic carboxylic acids is 1. The number of amides is 1. The van der Waals surface area contributed by atoms with Crippen LogP contribution in [0.25, 0.3) is 17.1 Å². The largest absolute Gasteiger partial charge is 0.493 e. The summed E-state index contributed by atoms with van der Waals surface area (Å²) in [4.78, 5) is 27.6. The average molecular weight is 461 g/mol. The second-order valence-electron chi connectivity index (χ2n) is 6.46. The number of carbonyl (C=O) groups is 2. The van der Waals surface area contributed by atoms with Crippen molar-refractivity contribution in [1.29, 1.82) is 0 Å². The minimum atomic E-state index is -1.02. The van der Waals surface area contributed by atoms with Crippen molar-refractivity contribution < 1.29 is 28.9 Å². The third kappa shape index (κ3) is 4.92. The Kier molecular flexibility index (Phi) is 7.16. The summed E-state index contributed by atoms with van der Waals surface area (Å²) >= 11 is 6.00. The Balaban J connectivity index is 2.11. The van der Waals surface area contributed by atoms with E-state index < -0.39 is 11.9 Å². The minimum absolute atomic E-state index is 0.0524. The molecule has 0 saturated carbocycles. The fourth-order valence-electron chi connectivity index (χ4n) is 2.93. The van der Waals surface area contributed by atoms with Crippen molar-refractivity contribution in [2.75, 3.05) is 27.9 Å². The van der Waals surface area contributed by atoms with Crippen LogP contribution >= 0.6 is 11.6 Å². The highest BCUT2D eigenvalue weighted by Gasteiger charge is 2.22. The molecule has 0 aliphatic heterocycles. The van der Waals surface area contributed by atoms with Crippen LogP contribution in [-0.2, 0) is 4.79 Å². The van der Waals surface area contributed by atoms with Crippen molar-refractivity contribution in [3.05, 3.63) is 47.2 Å². The number of methoxy groups -OCH3 is 3. The maximum Gasteiger partial charge on any atom is 0.305 e. The maximum atomic E-state index is 12.5. The van der Waals surface area contributed by atoms with E-state index in [0.717, 1.165) is 0 Å². The number of hydrogen-bond donors (Lipinski definition) is 2. The topological polar surface area (TPSA) is 125 Å². The molecule has 0 spiro atoms. The van der Waals surface area contributed by atoms with Crippen LogP contribution in [0.1, 0.15) is 17.0 Å². The molecule has 0 atom stereocenters. The lowest BCUT2D eigenvalue weighted by Crippen LogP contribution is -2.27. The number of halogens is 1. The van der Waals surface area contributed by atoms with Crippen LogP contribution in [0.15, 0.2) is 36.4 Å². The van der Waals surface area contributed by atoms with Gasteiger partial charge in [0.2, 0.25) is 11.6 Å². The summed E-state index contributed by atoms with van der Waals surface area (Å²) in [6.07, 6.45) is -0.219. The lowest BCUT2D eigenvalue weighted by molar-refractivity contribution is -0.136. The van der Waals surface area contributed by atoms with E-state index >= 15 is 0 Å². The molecule has 0 unspecified atom stereocenters. The Bertz CT molecular complexity index is 1100. The molecular weight excluding hydrogens is 440 g/mol. The normalized spacial score (nSPS) is 10.5. The maximum absolute atomic E-state index is 12.5. The zero-order valence-electron chi connectivity index (χ0n) is 17.6.